The summed E-state index contributed by atoms with van der Waals surface area (Å²) < 4.78 is 36.0. The average Bonchev–Trinajstić information content (AvgIpc) is 2.16. The summed E-state index contributed by atoms with van der Waals surface area (Å²) in [6, 6.07) is 0. The normalized spacial score (nSPS) is 11.9. The Hall–Kier alpha value is -0.960. The van der Waals surface area contributed by atoms with Gasteiger partial charge < -0.3 is 15.0 Å². The highest BCUT2D eigenvalue weighted by Gasteiger charge is 2.13. The maximum Gasteiger partial charge on any atom is 0.338 e. The lowest BCUT2D eigenvalue weighted by Gasteiger charge is -2.08. The molecule has 108 valence electrons. The van der Waals surface area contributed by atoms with Crippen LogP contribution >= 0.6 is 0 Å². The van der Waals surface area contributed by atoms with Crippen molar-refractivity contribution in [2.45, 2.75) is 40.3 Å². The number of quaternary nitrogens is 1. The summed E-state index contributed by atoms with van der Waals surface area (Å²) in [5.41, 5.74) is 5.36. The fourth-order valence-corrected chi connectivity index (χ4v) is 0.956. The molecular weight excluding hydrogens is 262 g/mol. The SMILES string of the molecule is CCC(C(=O)OC(C)[NH3+])=C(C)C.COS(=O)(=O)[O-]. The van der Waals surface area contributed by atoms with Gasteiger partial charge in [0.05, 0.1) is 7.11 Å². The fraction of sp³-hybridized carbons (Fsp3) is 0.700. The van der Waals surface area contributed by atoms with E-state index in [9.17, 15) is 17.8 Å². The van der Waals surface area contributed by atoms with Crippen molar-refractivity contribution in [3.63, 3.8) is 0 Å². The minimum Gasteiger partial charge on any atom is -0.726 e. The Morgan fingerprint density at radius 3 is 1.94 bits per heavy atom. The Kier molecular flexibility index (Phi) is 9.73. The van der Waals surface area contributed by atoms with Crippen LogP contribution in [-0.4, -0.2) is 32.3 Å². The van der Waals surface area contributed by atoms with Crippen molar-refractivity contribution in [2.75, 3.05) is 7.11 Å². The molecule has 0 saturated heterocycles. The molecule has 0 aliphatic heterocycles. The maximum atomic E-state index is 11.3. The van der Waals surface area contributed by atoms with Gasteiger partial charge in [0.15, 0.2) is 0 Å². The molecule has 18 heavy (non-hydrogen) atoms. The van der Waals surface area contributed by atoms with E-state index in [4.69, 9.17) is 4.74 Å². The summed E-state index contributed by atoms with van der Waals surface area (Å²) in [5, 5.41) is 0. The number of ether oxygens (including phenoxy) is 1. The molecule has 0 aliphatic carbocycles. The molecule has 0 spiro atoms. The van der Waals surface area contributed by atoms with Crippen LogP contribution in [0.2, 0.25) is 0 Å². The lowest BCUT2D eigenvalue weighted by atomic mass is 10.1. The third-order valence-corrected chi connectivity index (χ3v) is 2.12. The van der Waals surface area contributed by atoms with Gasteiger partial charge in [-0.25, -0.2) is 13.2 Å². The van der Waals surface area contributed by atoms with E-state index in [1.165, 1.54) is 0 Å². The van der Waals surface area contributed by atoms with E-state index in [1.807, 2.05) is 20.8 Å². The second-order valence-corrected chi connectivity index (χ2v) is 4.77. The largest absolute Gasteiger partial charge is 0.726 e. The van der Waals surface area contributed by atoms with Crippen LogP contribution in [0.4, 0.5) is 0 Å². The molecular formula is C10H21NO6S. The predicted octanol–water partition coefficient (Wildman–Crippen LogP) is -0.0431. The quantitative estimate of drug-likeness (QED) is 0.254. The minimum absolute atomic E-state index is 0.236. The fourth-order valence-electron chi connectivity index (χ4n) is 0.956. The third kappa shape index (κ3) is 11.5. The van der Waals surface area contributed by atoms with Gasteiger partial charge >= 0.3 is 5.97 Å². The topological polar surface area (TPSA) is 120 Å². The van der Waals surface area contributed by atoms with E-state index in [2.05, 4.69) is 9.92 Å². The van der Waals surface area contributed by atoms with Crippen molar-refractivity contribution in [3.05, 3.63) is 11.1 Å². The highest BCUT2D eigenvalue weighted by Crippen LogP contribution is 2.09. The lowest BCUT2D eigenvalue weighted by Crippen LogP contribution is -2.61. The van der Waals surface area contributed by atoms with Crippen molar-refractivity contribution in [1.29, 1.82) is 0 Å². The van der Waals surface area contributed by atoms with Crippen LogP contribution in [0.15, 0.2) is 11.1 Å². The molecule has 0 heterocycles. The van der Waals surface area contributed by atoms with Crippen LogP contribution in [0, 0.1) is 0 Å². The molecule has 0 aliphatic rings. The van der Waals surface area contributed by atoms with Gasteiger partial charge in [-0.05, 0) is 20.3 Å². The van der Waals surface area contributed by atoms with Crippen LogP contribution in [0.25, 0.3) is 0 Å². The van der Waals surface area contributed by atoms with E-state index in [1.54, 1.807) is 6.92 Å². The first-order chi connectivity index (χ1) is 8.05. The Morgan fingerprint density at radius 2 is 1.78 bits per heavy atom. The molecule has 0 aromatic heterocycles. The molecule has 3 N–H and O–H groups in total. The molecule has 1 atom stereocenters. The van der Waals surface area contributed by atoms with Crippen LogP contribution in [0.1, 0.15) is 34.1 Å². The van der Waals surface area contributed by atoms with Crippen molar-refractivity contribution in [3.8, 4) is 0 Å². The van der Waals surface area contributed by atoms with Crippen LogP contribution in [0.5, 0.6) is 0 Å². The van der Waals surface area contributed by atoms with Gasteiger partial charge in [0.25, 0.3) is 0 Å². The summed E-state index contributed by atoms with van der Waals surface area (Å²) in [6.45, 7) is 7.51. The molecule has 0 radical (unpaired) electrons. The molecule has 1 unspecified atom stereocenters. The summed E-state index contributed by atoms with van der Waals surface area (Å²) in [7, 11) is -3.60. The molecule has 8 heteroatoms. The standard InChI is InChI=1S/C9H17NO2.CH4O4S/c1-5-8(6(2)3)9(11)12-7(4)10;1-5-6(2,3)4/h7H,5,10H2,1-4H3;1H3,(H,2,3,4). The number of carbonyl (C=O) groups is 1. The van der Waals surface area contributed by atoms with Crippen LogP contribution < -0.4 is 5.73 Å². The highest BCUT2D eigenvalue weighted by atomic mass is 32.3. The van der Waals surface area contributed by atoms with Gasteiger partial charge in [0.1, 0.15) is 0 Å². The van der Waals surface area contributed by atoms with Crippen LogP contribution in [0.3, 0.4) is 0 Å². The van der Waals surface area contributed by atoms with Gasteiger partial charge in [-0.3, -0.25) is 4.18 Å². The summed E-state index contributed by atoms with van der Waals surface area (Å²) in [6.07, 6.45) is 0.437. The van der Waals surface area contributed by atoms with E-state index < -0.39 is 10.4 Å². The Balaban J connectivity index is 0. The first-order valence-corrected chi connectivity index (χ1v) is 6.60. The van der Waals surface area contributed by atoms with Crippen LogP contribution in [-0.2, 0) is 24.1 Å². The van der Waals surface area contributed by atoms with Gasteiger partial charge in [0, 0.05) is 12.5 Å². The number of rotatable bonds is 4. The molecule has 0 bridgehead atoms. The predicted molar refractivity (Wildman–Crippen MR) is 63.8 cm³/mol. The van der Waals surface area contributed by atoms with E-state index in [0.29, 0.717) is 6.42 Å². The second kappa shape index (κ2) is 9.03. The van der Waals surface area contributed by atoms with Crippen molar-refractivity contribution in [1.82, 2.24) is 0 Å². The highest BCUT2D eigenvalue weighted by molar-refractivity contribution is 7.80. The Labute approximate surface area is 108 Å². The smallest absolute Gasteiger partial charge is 0.338 e. The summed E-state index contributed by atoms with van der Waals surface area (Å²) in [5.74, 6) is -0.236. The second-order valence-electron chi connectivity index (χ2n) is 3.62. The van der Waals surface area contributed by atoms with Gasteiger partial charge in [-0.1, -0.05) is 12.5 Å². The zero-order valence-electron chi connectivity index (χ0n) is 11.3. The molecule has 0 fully saturated rings. The number of esters is 1. The molecule has 0 amide bonds. The van der Waals surface area contributed by atoms with Gasteiger partial charge in [-0.2, -0.15) is 0 Å². The van der Waals surface area contributed by atoms with Crippen molar-refractivity contribution in [2.24, 2.45) is 0 Å². The van der Waals surface area contributed by atoms with E-state index >= 15 is 0 Å². The maximum absolute atomic E-state index is 11.3. The minimum atomic E-state index is -4.41. The first-order valence-electron chi connectivity index (χ1n) is 5.27. The molecule has 0 aromatic carbocycles. The van der Waals surface area contributed by atoms with E-state index in [0.717, 1.165) is 18.3 Å². The molecule has 7 nitrogen and oxygen atoms in total. The monoisotopic (exact) mass is 283 g/mol. The zero-order valence-corrected chi connectivity index (χ0v) is 12.2. The van der Waals surface area contributed by atoms with Crippen molar-refractivity contribution < 1.29 is 32.4 Å². The van der Waals surface area contributed by atoms with E-state index in [-0.39, 0.29) is 12.2 Å². The number of allylic oxidation sites excluding steroid dienone is 1. The summed E-state index contributed by atoms with van der Waals surface area (Å²) >= 11 is 0. The number of hydrogen-bond donors (Lipinski definition) is 1. The average molecular weight is 283 g/mol. The third-order valence-electron chi connectivity index (χ3n) is 1.72. The molecule has 0 saturated carbocycles. The molecule has 0 aromatic rings. The number of carbonyl (C=O) groups excluding carboxylic acids is 1. The van der Waals surface area contributed by atoms with Gasteiger partial charge in [-0.15, -0.1) is 0 Å². The summed E-state index contributed by atoms with van der Waals surface area (Å²) in [4.78, 5) is 11.3. The Morgan fingerprint density at radius 1 is 1.39 bits per heavy atom. The molecule has 0 rings (SSSR count). The van der Waals surface area contributed by atoms with Gasteiger partial charge in [0.2, 0.25) is 16.6 Å². The van der Waals surface area contributed by atoms with Crippen molar-refractivity contribution >= 4 is 16.4 Å². The first kappa shape index (κ1) is 19.4. The number of hydrogen-bond acceptors (Lipinski definition) is 6. The Bertz CT molecular complexity index is 381. The zero-order chi connectivity index (χ0) is 14.9. The lowest BCUT2D eigenvalue weighted by molar-refractivity contribution is -0.473.